The molecule has 0 aliphatic heterocycles. The van der Waals surface area contributed by atoms with E-state index in [1.165, 1.54) is 72.8 Å². The van der Waals surface area contributed by atoms with Crippen LogP contribution in [0.25, 0.3) is 0 Å². The van der Waals surface area contributed by atoms with Gasteiger partial charge in [0.15, 0.2) is 0 Å². The van der Waals surface area contributed by atoms with Crippen molar-refractivity contribution >= 4 is 180 Å². The molecule has 0 amide bonds. The molecule has 0 unspecified atom stereocenters. The molecule has 0 atom stereocenters. The van der Waals surface area contributed by atoms with E-state index in [4.69, 9.17) is 139 Å². The van der Waals surface area contributed by atoms with Gasteiger partial charge in [0.05, 0.1) is 78.2 Å². The third-order valence-corrected chi connectivity index (χ3v) is 12.8. The molecular weight excluding hydrogens is 1160 g/mol. The molecule has 0 aliphatic carbocycles. The van der Waals surface area contributed by atoms with E-state index in [9.17, 15) is 29.7 Å². The van der Waals surface area contributed by atoms with Crippen LogP contribution in [0.5, 0.6) is 0 Å². The molecule has 0 radical (unpaired) electrons. The number of carboxylic acid groups (broad SMARTS) is 3. The summed E-state index contributed by atoms with van der Waals surface area (Å²) < 4.78 is 0. The van der Waals surface area contributed by atoms with E-state index in [2.05, 4.69) is 4.94 Å². The molecule has 0 aliphatic rings. The Balaban J connectivity index is 0.000000243. The second-order valence-corrected chi connectivity index (χ2v) is 17.2. The van der Waals surface area contributed by atoms with Gasteiger partial charge in [0.1, 0.15) is 0 Å². The van der Waals surface area contributed by atoms with Crippen molar-refractivity contribution in [3.8, 4) is 0 Å². The predicted molar refractivity (Wildman–Crippen MR) is 251 cm³/mol. The van der Waals surface area contributed by atoms with Gasteiger partial charge in [0.2, 0.25) is 0 Å². The standard InChI is InChI=1S/3C14H8Cl4O2.CH3.Sn/c3*15-9-3-1-7(5-11(9)17)13(14(19)20)8-2-4-10(16)12(18)6-8;;/h3*1-6,13H,(H,19,20);1H3;/q;;;;+3/p-3. The fourth-order valence-corrected chi connectivity index (χ4v) is 7.38. The van der Waals surface area contributed by atoms with Gasteiger partial charge in [-0.1, -0.05) is 176 Å². The molecule has 0 saturated heterocycles. The first kappa shape index (κ1) is 54.3. The van der Waals surface area contributed by atoms with E-state index in [1.54, 1.807) is 58.9 Å². The van der Waals surface area contributed by atoms with Gasteiger partial charge in [-0.15, -0.1) is 0 Å². The number of carboxylic acids is 3. The molecule has 320 valence electrons. The molecule has 0 N–H and O–H groups in total. The van der Waals surface area contributed by atoms with Gasteiger partial charge in [-0.3, -0.25) is 0 Å². The molecular formula is C43H24Cl12O6Sn. The number of rotatable bonds is 9. The number of hydrogen-bond donors (Lipinski definition) is 0. The van der Waals surface area contributed by atoms with Crippen molar-refractivity contribution in [2.45, 2.75) is 22.7 Å². The van der Waals surface area contributed by atoms with Crippen LogP contribution in [0.4, 0.5) is 0 Å². The molecule has 62 heavy (non-hydrogen) atoms. The van der Waals surface area contributed by atoms with Gasteiger partial charge in [0.25, 0.3) is 0 Å². The third-order valence-electron chi connectivity index (χ3n) is 8.37. The Morgan fingerprint density at radius 3 is 0.532 bits per heavy atom. The summed E-state index contributed by atoms with van der Waals surface area (Å²) in [5, 5.41) is 38.0. The van der Waals surface area contributed by atoms with E-state index in [-0.39, 0.29) is 30.1 Å². The van der Waals surface area contributed by atoms with E-state index >= 15 is 0 Å². The van der Waals surface area contributed by atoms with Crippen molar-refractivity contribution < 1.29 is 29.7 Å². The number of benzene rings is 6. The zero-order chi connectivity index (χ0) is 46.6. The second-order valence-electron chi connectivity index (χ2n) is 12.3. The quantitative estimate of drug-likeness (QED) is 0.133. The number of carbonyl (C=O) groups is 3. The summed E-state index contributed by atoms with van der Waals surface area (Å²) in [6.07, 6.45) is 0. The molecule has 19 heteroatoms. The summed E-state index contributed by atoms with van der Waals surface area (Å²) in [7, 11) is 0. The number of halogens is 12. The Bertz CT molecular complexity index is 2140. The monoisotopic (exact) mass is 1180 g/mol. The van der Waals surface area contributed by atoms with Crippen molar-refractivity contribution in [2.75, 3.05) is 0 Å². The Labute approximate surface area is 430 Å². The van der Waals surface area contributed by atoms with Crippen LogP contribution >= 0.6 is 139 Å². The van der Waals surface area contributed by atoms with Gasteiger partial charge >= 0.3 is 27.5 Å². The second kappa shape index (κ2) is 25.6. The van der Waals surface area contributed by atoms with Crippen LogP contribution in [0.3, 0.4) is 0 Å². The maximum atomic E-state index is 11.4. The van der Waals surface area contributed by atoms with Crippen molar-refractivity contribution in [1.29, 1.82) is 0 Å². The van der Waals surface area contributed by atoms with Crippen molar-refractivity contribution in [1.82, 2.24) is 0 Å². The van der Waals surface area contributed by atoms with Crippen molar-refractivity contribution in [2.24, 2.45) is 0 Å². The zero-order valence-electron chi connectivity index (χ0n) is 31.1. The van der Waals surface area contributed by atoms with Gasteiger partial charge in [0, 0.05) is 17.8 Å². The zero-order valence-corrected chi connectivity index (χ0v) is 43.0. The summed E-state index contributed by atoms with van der Waals surface area (Å²) >= 11 is 72.0. The minimum atomic E-state index is -1.26. The summed E-state index contributed by atoms with van der Waals surface area (Å²) in [5.41, 5.74) is 2.74. The van der Waals surface area contributed by atoms with Crippen LogP contribution in [0.2, 0.25) is 65.2 Å². The van der Waals surface area contributed by atoms with Crippen LogP contribution < -0.4 is 15.3 Å². The third kappa shape index (κ3) is 15.0. The molecule has 0 saturated carbocycles. The average Bonchev–Trinajstić information content (AvgIpc) is 3.21. The molecule has 0 fully saturated rings. The Morgan fingerprint density at radius 2 is 0.435 bits per heavy atom. The molecule has 0 spiro atoms. The van der Waals surface area contributed by atoms with E-state index in [0.29, 0.717) is 63.5 Å². The first-order chi connectivity index (χ1) is 29.2. The fraction of sp³-hybridized carbons (Fsp3) is 0.0930. The van der Waals surface area contributed by atoms with Crippen molar-refractivity contribution in [3.05, 3.63) is 203 Å². The van der Waals surface area contributed by atoms with Gasteiger partial charge in [-0.2, -0.15) is 0 Å². The number of carbonyl (C=O) groups excluding carboxylic acids is 3. The Morgan fingerprint density at radius 1 is 0.306 bits per heavy atom. The molecule has 6 nitrogen and oxygen atoms in total. The summed E-state index contributed by atoms with van der Waals surface area (Å²) in [6, 6.07) is 27.6. The van der Waals surface area contributed by atoms with Gasteiger partial charge in [-0.05, 0) is 106 Å². The number of aliphatic carboxylic acids is 3. The summed E-state index contributed by atoms with van der Waals surface area (Å²) in [6.45, 7) is 0. The van der Waals surface area contributed by atoms with Gasteiger partial charge in [-0.25, -0.2) is 0 Å². The Hall–Kier alpha value is -1.99. The molecule has 0 aromatic heterocycles. The van der Waals surface area contributed by atoms with Crippen LogP contribution in [0, 0.1) is 0 Å². The average molecular weight is 1180 g/mol. The molecule has 0 bridgehead atoms. The minimum absolute atomic E-state index is 0.274. The van der Waals surface area contributed by atoms with E-state index in [1.807, 2.05) is 0 Å². The normalized spacial score (nSPS) is 10.6. The molecule has 6 rings (SSSR count). The maximum absolute atomic E-state index is 11.4. The van der Waals surface area contributed by atoms with Crippen LogP contribution in [0.15, 0.2) is 109 Å². The van der Waals surface area contributed by atoms with Crippen LogP contribution in [-0.4, -0.2) is 40.4 Å². The molecule has 6 aromatic carbocycles. The molecule has 0 heterocycles. The van der Waals surface area contributed by atoms with E-state index < -0.39 is 35.7 Å². The predicted octanol–water partition coefficient (Wildman–Crippen LogP) is 12.7. The first-order valence-electron chi connectivity index (χ1n) is 17.0. The summed E-state index contributed by atoms with van der Waals surface area (Å²) in [5.74, 6) is -6.79. The van der Waals surface area contributed by atoms with E-state index in [0.717, 1.165) is 0 Å². The first-order valence-corrected chi connectivity index (χ1v) is 24.4. The van der Waals surface area contributed by atoms with Crippen LogP contribution in [0.1, 0.15) is 51.1 Å². The van der Waals surface area contributed by atoms with Crippen LogP contribution in [-0.2, 0) is 14.4 Å². The topological polar surface area (TPSA) is 120 Å². The Kier molecular flexibility index (Phi) is 22.5. The molecule has 6 aromatic rings. The van der Waals surface area contributed by atoms with Gasteiger partial charge < -0.3 is 29.7 Å². The summed E-state index contributed by atoms with van der Waals surface area (Å²) in [4.78, 5) is 36.4. The number of hydrogen-bond acceptors (Lipinski definition) is 6. The SMILES string of the molecule is O=C([O-])C(c1ccc(Cl)c(Cl)c1)c1ccc(Cl)c(Cl)c1.O=C([O-])C(c1ccc(Cl)c(Cl)c1)c1ccc(Cl)c(Cl)c1.O=C([O-])C(c1ccc(Cl)c(Cl)c1)c1ccc(Cl)c(Cl)c1.[CH3][Sn+3]. The van der Waals surface area contributed by atoms with Crippen molar-refractivity contribution in [3.63, 3.8) is 0 Å². The fourth-order valence-electron chi connectivity index (χ4n) is 5.55.